The van der Waals surface area contributed by atoms with Crippen LogP contribution in [0.5, 0.6) is 0 Å². The summed E-state index contributed by atoms with van der Waals surface area (Å²) in [5.74, 6) is 0.163. The lowest BCUT2D eigenvalue weighted by molar-refractivity contribution is 0.122. The summed E-state index contributed by atoms with van der Waals surface area (Å²) >= 11 is 0. The largest absolute Gasteiger partial charge is 0.378 e. The number of anilines is 2. The van der Waals surface area contributed by atoms with Gasteiger partial charge in [0.05, 0.1) is 24.6 Å². The van der Waals surface area contributed by atoms with E-state index in [1.54, 1.807) is 6.07 Å². The minimum absolute atomic E-state index is 0.257. The maximum atomic E-state index is 14.4. The molecule has 1 saturated heterocycles. The fourth-order valence-corrected chi connectivity index (χ4v) is 2.78. The van der Waals surface area contributed by atoms with E-state index >= 15 is 0 Å². The van der Waals surface area contributed by atoms with Crippen LogP contribution in [0.25, 0.3) is 0 Å². The van der Waals surface area contributed by atoms with Crippen LogP contribution >= 0.6 is 0 Å². The molecule has 0 saturated carbocycles. The lowest BCUT2D eigenvalue weighted by Crippen LogP contribution is -2.36. The number of rotatable bonds is 4. The number of nitrogens with zero attached hydrogens (tertiary/aromatic N) is 4. The topological polar surface area (TPSA) is 74.1 Å². The molecule has 0 amide bonds. The van der Waals surface area contributed by atoms with E-state index in [2.05, 4.69) is 21.6 Å². The first kappa shape index (κ1) is 17.1. The van der Waals surface area contributed by atoms with Gasteiger partial charge in [-0.15, -0.1) is 5.10 Å². The van der Waals surface area contributed by atoms with Crippen LogP contribution in [0.3, 0.4) is 0 Å². The van der Waals surface area contributed by atoms with E-state index in [1.807, 2.05) is 24.8 Å². The fourth-order valence-electron chi connectivity index (χ4n) is 2.78. The maximum Gasteiger partial charge on any atom is 0.167 e. The van der Waals surface area contributed by atoms with Crippen molar-refractivity contribution in [3.8, 4) is 6.07 Å². The average Bonchev–Trinajstić information content (AvgIpc) is 2.63. The molecule has 2 aromatic rings. The Kier molecular flexibility index (Phi) is 5.10. The van der Waals surface area contributed by atoms with Crippen LogP contribution in [0.15, 0.2) is 18.2 Å². The Morgan fingerprint density at radius 1 is 1.28 bits per heavy atom. The quantitative estimate of drug-likeness (QED) is 0.921. The molecule has 0 unspecified atom stereocenters. The molecule has 1 aromatic carbocycles. The number of benzene rings is 1. The Hall–Kier alpha value is -2.72. The molecule has 1 N–H and O–H groups in total. The van der Waals surface area contributed by atoms with Gasteiger partial charge in [0.15, 0.2) is 5.82 Å². The van der Waals surface area contributed by atoms with Crippen molar-refractivity contribution in [1.82, 2.24) is 10.2 Å². The van der Waals surface area contributed by atoms with E-state index < -0.39 is 0 Å². The summed E-state index contributed by atoms with van der Waals surface area (Å²) in [6.45, 7) is 6.64. The minimum Gasteiger partial charge on any atom is -0.378 e. The van der Waals surface area contributed by atoms with Crippen molar-refractivity contribution >= 4 is 11.5 Å². The zero-order chi connectivity index (χ0) is 17.8. The molecule has 0 radical (unpaired) electrons. The first-order valence-electron chi connectivity index (χ1n) is 8.19. The number of aryl methyl sites for hydroxylation is 1. The molecule has 1 aliphatic heterocycles. The van der Waals surface area contributed by atoms with Crippen molar-refractivity contribution < 1.29 is 9.13 Å². The van der Waals surface area contributed by atoms with Gasteiger partial charge in [0, 0.05) is 19.6 Å². The maximum absolute atomic E-state index is 14.4. The summed E-state index contributed by atoms with van der Waals surface area (Å²) in [6, 6.07) is 7.32. The second-order valence-electron chi connectivity index (χ2n) is 5.98. The molecule has 130 valence electrons. The van der Waals surface area contributed by atoms with Gasteiger partial charge < -0.3 is 15.0 Å². The molecule has 2 heterocycles. The van der Waals surface area contributed by atoms with Crippen LogP contribution < -0.4 is 10.2 Å². The van der Waals surface area contributed by atoms with E-state index in [0.717, 1.165) is 16.8 Å². The predicted molar refractivity (Wildman–Crippen MR) is 93.0 cm³/mol. The third kappa shape index (κ3) is 3.69. The smallest absolute Gasteiger partial charge is 0.167 e. The molecule has 0 bridgehead atoms. The van der Waals surface area contributed by atoms with Crippen LogP contribution in [0, 0.1) is 31.0 Å². The van der Waals surface area contributed by atoms with Gasteiger partial charge in [-0.25, -0.2) is 4.39 Å². The zero-order valence-electron chi connectivity index (χ0n) is 14.3. The van der Waals surface area contributed by atoms with Crippen LogP contribution in [-0.2, 0) is 11.3 Å². The van der Waals surface area contributed by atoms with Crippen molar-refractivity contribution in [2.45, 2.75) is 20.4 Å². The van der Waals surface area contributed by atoms with Gasteiger partial charge >= 0.3 is 0 Å². The van der Waals surface area contributed by atoms with Gasteiger partial charge in [-0.05, 0) is 37.1 Å². The lowest BCUT2D eigenvalue weighted by Gasteiger charge is -2.29. The predicted octanol–water partition coefficient (Wildman–Crippen LogP) is 2.55. The molecule has 0 aliphatic carbocycles. The second kappa shape index (κ2) is 7.45. The lowest BCUT2D eigenvalue weighted by atomic mass is 10.1. The summed E-state index contributed by atoms with van der Waals surface area (Å²) in [5, 5.41) is 20.5. The Labute approximate surface area is 146 Å². The monoisotopic (exact) mass is 341 g/mol. The van der Waals surface area contributed by atoms with Crippen molar-refractivity contribution in [2.75, 3.05) is 36.5 Å². The van der Waals surface area contributed by atoms with Crippen molar-refractivity contribution in [1.29, 1.82) is 5.26 Å². The number of aromatic nitrogens is 2. The van der Waals surface area contributed by atoms with E-state index in [0.29, 0.717) is 49.9 Å². The van der Waals surface area contributed by atoms with E-state index in [1.165, 1.54) is 6.07 Å². The number of morpholine rings is 1. The third-order valence-corrected chi connectivity index (χ3v) is 4.39. The highest BCUT2D eigenvalue weighted by Crippen LogP contribution is 2.23. The molecular formula is C18H20FN5O. The normalized spacial score (nSPS) is 14.2. The molecule has 0 spiro atoms. The van der Waals surface area contributed by atoms with Crippen LogP contribution in [0.1, 0.15) is 22.4 Å². The summed E-state index contributed by atoms with van der Waals surface area (Å²) in [4.78, 5) is 1.98. The Balaban J connectivity index is 1.73. The Morgan fingerprint density at radius 2 is 2.04 bits per heavy atom. The molecule has 7 heteroatoms. The molecule has 1 aliphatic rings. The van der Waals surface area contributed by atoms with Gasteiger partial charge in [0.1, 0.15) is 17.4 Å². The average molecular weight is 341 g/mol. The standard InChI is InChI=1S/C18H20FN5O/c1-12-13(2)22-23-18(15(12)10-20)21-11-14-3-4-17(16(19)9-14)24-5-7-25-8-6-24/h3-4,9H,5-8,11H2,1-2H3,(H,21,23). The first-order chi connectivity index (χ1) is 12.1. The number of ether oxygens (including phenoxy) is 1. The van der Waals surface area contributed by atoms with E-state index in [4.69, 9.17) is 4.74 Å². The van der Waals surface area contributed by atoms with Crippen LogP contribution in [0.4, 0.5) is 15.9 Å². The number of halogens is 1. The zero-order valence-corrected chi connectivity index (χ0v) is 14.3. The molecule has 1 aromatic heterocycles. The fraction of sp³-hybridized carbons (Fsp3) is 0.389. The molecule has 6 nitrogen and oxygen atoms in total. The second-order valence-corrected chi connectivity index (χ2v) is 5.98. The summed E-state index contributed by atoms with van der Waals surface area (Å²) in [7, 11) is 0. The molecule has 25 heavy (non-hydrogen) atoms. The molecule has 1 fully saturated rings. The van der Waals surface area contributed by atoms with Gasteiger partial charge in [0.2, 0.25) is 0 Å². The number of nitrogens with one attached hydrogen (secondary N) is 1. The molecule has 3 rings (SSSR count). The first-order valence-corrected chi connectivity index (χ1v) is 8.19. The Bertz CT molecular complexity index is 812. The van der Waals surface area contributed by atoms with Gasteiger partial charge in [-0.2, -0.15) is 10.4 Å². The summed E-state index contributed by atoms with van der Waals surface area (Å²) in [5.41, 5.74) is 3.36. The third-order valence-electron chi connectivity index (χ3n) is 4.39. The number of hydrogen-bond donors (Lipinski definition) is 1. The minimum atomic E-state index is -0.257. The van der Waals surface area contributed by atoms with Gasteiger partial charge in [-0.3, -0.25) is 0 Å². The van der Waals surface area contributed by atoms with Crippen LogP contribution in [-0.4, -0.2) is 36.5 Å². The van der Waals surface area contributed by atoms with Gasteiger partial charge in [0.25, 0.3) is 0 Å². The SMILES string of the molecule is Cc1nnc(NCc2ccc(N3CCOCC3)c(F)c2)c(C#N)c1C. The van der Waals surface area contributed by atoms with Crippen LogP contribution in [0.2, 0.25) is 0 Å². The number of hydrogen-bond acceptors (Lipinski definition) is 6. The van der Waals surface area contributed by atoms with Gasteiger partial charge in [-0.1, -0.05) is 6.07 Å². The summed E-state index contributed by atoms with van der Waals surface area (Å²) < 4.78 is 19.7. The Morgan fingerprint density at radius 3 is 2.72 bits per heavy atom. The van der Waals surface area contributed by atoms with Crippen molar-refractivity contribution in [2.24, 2.45) is 0 Å². The highest BCUT2D eigenvalue weighted by molar-refractivity contribution is 5.56. The van der Waals surface area contributed by atoms with E-state index in [-0.39, 0.29) is 5.82 Å². The highest BCUT2D eigenvalue weighted by Gasteiger charge is 2.16. The highest BCUT2D eigenvalue weighted by atomic mass is 19.1. The molecular weight excluding hydrogens is 321 g/mol. The number of nitriles is 1. The summed E-state index contributed by atoms with van der Waals surface area (Å²) in [6.07, 6.45) is 0. The van der Waals surface area contributed by atoms with Crippen molar-refractivity contribution in [3.05, 3.63) is 46.4 Å². The molecule has 0 atom stereocenters. The van der Waals surface area contributed by atoms with Crippen molar-refractivity contribution in [3.63, 3.8) is 0 Å². The van der Waals surface area contributed by atoms with E-state index in [9.17, 15) is 9.65 Å².